The number of hydrogen-bond donors (Lipinski definition) is 1. The van der Waals surface area contributed by atoms with E-state index in [1.807, 2.05) is 0 Å². The normalized spacial score (nSPS) is 22.7. The molecule has 0 fully saturated rings. The fourth-order valence-corrected chi connectivity index (χ4v) is 2.35. The fourth-order valence-electron chi connectivity index (χ4n) is 1.72. The first-order valence-electron chi connectivity index (χ1n) is 4.01. The van der Waals surface area contributed by atoms with Gasteiger partial charge in [-0.1, -0.05) is 27.7 Å². The van der Waals surface area contributed by atoms with Gasteiger partial charge in [0.2, 0.25) is 0 Å². The topological polar surface area (TPSA) is 9.23 Å². The zero-order valence-electron chi connectivity index (χ0n) is 7.64. The molecule has 0 radical (unpaired) electrons. The molecular weight excluding hydrogens is 156 g/mol. The van der Waals surface area contributed by atoms with Gasteiger partial charge in [-0.15, -0.1) is 12.6 Å². The van der Waals surface area contributed by atoms with Crippen molar-refractivity contribution in [1.82, 2.24) is 0 Å². The molecule has 0 N–H and O–H groups in total. The van der Waals surface area contributed by atoms with E-state index in [9.17, 15) is 0 Å². The van der Waals surface area contributed by atoms with E-state index in [1.54, 1.807) is 0 Å². The minimum Gasteiger partial charge on any atom is -0.487 e. The summed E-state index contributed by atoms with van der Waals surface area (Å²) in [5.74, 6) is 0.542. The first-order valence-corrected chi connectivity index (χ1v) is 4.46. The molecule has 1 aliphatic heterocycles. The standard InChI is InChI=1S/C9H16OS/c1-6(2)7-8(11)10-5-9(7,3)4/h6,11H,5H2,1-4H3. The Hall–Kier alpha value is -0.110. The molecule has 0 saturated heterocycles. The summed E-state index contributed by atoms with van der Waals surface area (Å²) in [5, 5.41) is 0.838. The van der Waals surface area contributed by atoms with Gasteiger partial charge in [0.25, 0.3) is 0 Å². The van der Waals surface area contributed by atoms with Crippen molar-refractivity contribution in [2.45, 2.75) is 27.7 Å². The third kappa shape index (κ3) is 1.56. The molecule has 0 spiro atoms. The first-order chi connectivity index (χ1) is 4.95. The molecule has 2 heteroatoms. The van der Waals surface area contributed by atoms with Gasteiger partial charge in [-0.25, -0.2) is 0 Å². The molecule has 1 heterocycles. The quantitative estimate of drug-likeness (QED) is 0.598. The minimum absolute atomic E-state index is 0.186. The Bertz CT molecular complexity index is 192. The lowest BCUT2D eigenvalue weighted by atomic mass is 9.81. The smallest absolute Gasteiger partial charge is 0.150 e. The average molecular weight is 172 g/mol. The van der Waals surface area contributed by atoms with E-state index < -0.39 is 0 Å². The molecule has 1 aliphatic rings. The zero-order chi connectivity index (χ0) is 8.65. The van der Waals surface area contributed by atoms with E-state index in [4.69, 9.17) is 4.74 Å². The van der Waals surface area contributed by atoms with Crippen molar-refractivity contribution < 1.29 is 4.74 Å². The molecule has 1 rings (SSSR count). The third-order valence-electron chi connectivity index (χ3n) is 2.11. The summed E-state index contributed by atoms with van der Waals surface area (Å²) in [6, 6.07) is 0. The van der Waals surface area contributed by atoms with E-state index in [-0.39, 0.29) is 5.41 Å². The van der Waals surface area contributed by atoms with Crippen molar-refractivity contribution >= 4 is 12.6 Å². The second-order valence-electron chi connectivity index (χ2n) is 4.05. The lowest BCUT2D eigenvalue weighted by Crippen LogP contribution is -2.18. The molecule has 0 amide bonds. The number of thiol groups is 1. The maximum atomic E-state index is 5.39. The van der Waals surface area contributed by atoms with Crippen LogP contribution in [0.2, 0.25) is 0 Å². The van der Waals surface area contributed by atoms with Gasteiger partial charge in [-0.2, -0.15) is 0 Å². The molecule has 0 bridgehead atoms. The summed E-state index contributed by atoms with van der Waals surface area (Å²) in [7, 11) is 0. The Morgan fingerprint density at radius 1 is 1.45 bits per heavy atom. The average Bonchev–Trinajstić information content (AvgIpc) is 2.06. The van der Waals surface area contributed by atoms with Crippen molar-refractivity contribution in [1.29, 1.82) is 0 Å². The van der Waals surface area contributed by atoms with Crippen molar-refractivity contribution in [2.75, 3.05) is 6.61 Å². The molecule has 0 aromatic heterocycles. The Labute approximate surface area is 74.2 Å². The summed E-state index contributed by atoms with van der Waals surface area (Å²) in [6.45, 7) is 9.54. The van der Waals surface area contributed by atoms with Crippen LogP contribution in [0.1, 0.15) is 27.7 Å². The summed E-state index contributed by atoms with van der Waals surface area (Å²) >= 11 is 4.30. The largest absolute Gasteiger partial charge is 0.487 e. The summed E-state index contributed by atoms with van der Waals surface area (Å²) in [4.78, 5) is 0. The summed E-state index contributed by atoms with van der Waals surface area (Å²) < 4.78 is 5.39. The van der Waals surface area contributed by atoms with Crippen molar-refractivity contribution in [3.05, 3.63) is 10.7 Å². The van der Waals surface area contributed by atoms with Crippen LogP contribution >= 0.6 is 12.6 Å². The molecule has 0 atom stereocenters. The maximum absolute atomic E-state index is 5.39. The molecule has 0 aromatic rings. The monoisotopic (exact) mass is 172 g/mol. The number of hydrogen-bond acceptors (Lipinski definition) is 2. The summed E-state index contributed by atoms with van der Waals surface area (Å²) in [6.07, 6.45) is 0. The van der Waals surface area contributed by atoms with E-state index in [2.05, 4.69) is 40.3 Å². The molecule has 1 nitrogen and oxygen atoms in total. The van der Waals surface area contributed by atoms with Crippen LogP contribution in [0.5, 0.6) is 0 Å². The lowest BCUT2D eigenvalue weighted by Gasteiger charge is -2.21. The van der Waals surface area contributed by atoms with Crippen molar-refractivity contribution in [3.63, 3.8) is 0 Å². The number of ether oxygens (including phenoxy) is 1. The van der Waals surface area contributed by atoms with Gasteiger partial charge in [-0.05, 0) is 11.5 Å². The Balaban J connectivity index is 2.95. The Morgan fingerprint density at radius 3 is 2.18 bits per heavy atom. The van der Waals surface area contributed by atoms with Gasteiger partial charge < -0.3 is 4.74 Å². The van der Waals surface area contributed by atoms with Gasteiger partial charge in [0.1, 0.15) is 5.09 Å². The van der Waals surface area contributed by atoms with Crippen molar-refractivity contribution in [2.24, 2.45) is 11.3 Å². The highest BCUT2D eigenvalue weighted by atomic mass is 32.1. The van der Waals surface area contributed by atoms with E-state index in [0.717, 1.165) is 11.7 Å². The third-order valence-corrected chi connectivity index (χ3v) is 2.48. The van der Waals surface area contributed by atoms with Crippen LogP contribution in [0, 0.1) is 11.3 Å². The second kappa shape index (κ2) is 2.74. The van der Waals surface area contributed by atoms with Crippen LogP contribution < -0.4 is 0 Å². The predicted octanol–water partition coefficient (Wildman–Crippen LogP) is 2.84. The molecule has 0 saturated carbocycles. The van der Waals surface area contributed by atoms with Crippen LogP contribution in [0.3, 0.4) is 0 Å². The van der Waals surface area contributed by atoms with E-state index >= 15 is 0 Å². The van der Waals surface area contributed by atoms with Crippen LogP contribution in [0.15, 0.2) is 10.7 Å². The van der Waals surface area contributed by atoms with Crippen LogP contribution in [0.4, 0.5) is 0 Å². The Kier molecular flexibility index (Phi) is 2.24. The lowest BCUT2D eigenvalue weighted by molar-refractivity contribution is 0.199. The number of rotatable bonds is 1. The van der Waals surface area contributed by atoms with Crippen LogP contribution in [-0.2, 0) is 4.74 Å². The van der Waals surface area contributed by atoms with Crippen molar-refractivity contribution in [3.8, 4) is 0 Å². The van der Waals surface area contributed by atoms with E-state index in [0.29, 0.717) is 5.92 Å². The highest BCUT2D eigenvalue weighted by Crippen LogP contribution is 2.41. The second-order valence-corrected chi connectivity index (χ2v) is 4.45. The predicted molar refractivity (Wildman–Crippen MR) is 50.6 cm³/mol. The van der Waals surface area contributed by atoms with Gasteiger partial charge in [0, 0.05) is 5.41 Å². The highest BCUT2D eigenvalue weighted by Gasteiger charge is 2.34. The molecular formula is C9H16OS. The van der Waals surface area contributed by atoms with Crippen LogP contribution in [-0.4, -0.2) is 6.61 Å². The molecule has 0 aromatic carbocycles. The highest BCUT2D eigenvalue weighted by molar-refractivity contribution is 7.84. The minimum atomic E-state index is 0.186. The molecule has 0 unspecified atom stereocenters. The van der Waals surface area contributed by atoms with E-state index in [1.165, 1.54) is 5.57 Å². The molecule has 0 aliphatic carbocycles. The van der Waals surface area contributed by atoms with Gasteiger partial charge in [0.05, 0.1) is 6.61 Å². The SMILES string of the molecule is CC(C)C1=C(S)OCC1(C)C. The zero-order valence-corrected chi connectivity index (χ0v) is 8.53. The Morgan fingerprint density at radius 2 is 2.00 bits per heavy atom. The summed E-state index contributed by atoms with van der Waals surface area (Å²) in [5.41, 5.74) is 1.53. The first kappa shape index (κ1) is 8.98. The molecule has 11 heavy (non-hydrogen) atoms. The molecule has 64 valence electrons. The van der Waals surface area contributed by atoms with Crippen LogP contribution in [0.25, 0.3) is 0 Å². The maximum Gasteiger partial charge on any atom is 0.150 e. The van der Waals surface area contributed by atoms with Gasteiger partial charge >= 0.3 is 0 Å². The fraction of sp³-hybridized carbons (Fsp3) is 0.778. The van der Waals surface area contributed by atoms with Gasteiger partial charge in [-0.3, -0.25) is 0 Å². The van der Waals surface area contributed by atoms with Gasteiger partial charge in [0.15, 0.2) is 0 Å².